The number of morpholine rings is 1. The van der Waals surface area contributed by atoms with Gasteiger partial charge in [0.1, 0.15) is 11.3 Å². The molecule has 0 spiro atoms. The van der Waals surface area contributed by atoms with Gasteiger partial charge in [-0.2, -0.15) is 0 Å². The number of fused-ring (bicyclic) bond motifs is 1. The van der Waals surface area contributed by atoms with Crippen LogP contribution in [0, 0.1) is 0 Å². The molecule has 0 atom stereocenters. The Bertz CT molecular complexity index is 1120. The van der Waals surface area contributed by atoms with Gasteiger partial charge in [-0.1, -0.05) is 6.07 Å². The largest absolute Gasteiger partial charge is 0.495 e. The summed E-state index contributed by atoms with van der Waals surface area (Å²) in [6, 6.07) is 7.65. The first kappa shape index (κ1) is 20.5. The first-order chi connectivity index (χ1) is 15.2. The molecule has 3 heterocycles. The Kier molecular flexibility index (Phi) is 6.23. The quantitative estimate of drug-likeness (QED) is 0.587. The van der Waals surface area contributed by atoms with Crippen molar-refractivity contribution < 1.29 is 9.47 Å². The highest BCUT2D eigenvalue weighted by Gasteiger charge is 2.17. The molecule has 1 saturated heterocycles. The van der Waals surface area contributed by atoms with E-state index in [2.05, 4.69) is 25.2 Å². The molecule has 9 heteroatoms. The predicted octanol–water partition coefficient (Wildman–Crippen LogP) is 2.61. The number of anilines is 3. The number of hydrogen-bond acceptors (Lipinski definition) is 9. The number of aromatic nitrogens is 3. The van der Waals surface area contributed by atoms with Gasteiger partial charge in [0, 0.05) is 55.9 Å². The second kappa shape index (κ2) is 9.40. The highest BCUT2D eigenvalue weighted by Crippen LogP contribution is 2.31. The number of pyridine rings is 1. The van der Waals surface area contributed by atoms with Crippen molar-refractivity contribution in [2.75, 3.05) is 50.7 Å². The van der Waals surface area contributed by atoms with E-state index in [0.29, 0.717) is 24.9 Å². The summed E-state index contributed by atoms with van der Waals surface area (Å²) in [5.74, 6) is 1.94. The van der Waals surface area contributed by atoms with Crippen molar-refractivity contribution in [1.82, 2.24) is 15.0 Å². The maximum atomic E-state index is 5.73. The van der Waals surface area contributed by atoms with Gasteiger partial charge in [-0.05, 0) is 23.8 Å². The zero-order valence-corrected chi connectivity index (χ0v) is 17.6. The minimum absolute atomic E-state index is 0.464. The smallest absolute Gasteiger partial charge is 0.227 e. The fourth-order valence-electron chi connectivity index (χ4n) is 3.46. The summed E-state index contributed by atoms with van der Waals surface area (Å²) in [6.07, 6.45) is 6.80. The van der Waals surface area contributed by atoms with Gasteiger partial charge in [-0.15, -0.1) is 0 Å². The lowest BCUT2D eigenvalue weighted by atomic mass is 10.1. The van der Waals surface area contributed by atoms with Gasteiger partial charge < -0.3 is 25.4 Å². The summed E-state index contributed by atoms with van der Waals surface area (Å²) >= 11 is 0. The summed E-state index contributed by atoms with van der Waals surface area (Å²) < 4.78 is 11.0. The fourth-order valence-corrected chi connectivity index (χ4v) is 3.46. The zero-order valence-electron chi connectivity index (χ0n) is 17.6. The molecule has 9 nitrogen and oxygen atoms in total. The number of ether oxygens (including phenoxy) is 2. The highest BCUT2D eigenvalue weighted by atomic mass is 16.5. The van der Waals surface area contributed by atoms with Crippen LogP contribution in [0.1, 0.15) is 5.56 Å². The number of hydrogen-bond donors (Lipinski definition) is 2. The van der Waals surface area contributed by atoms with Crippen molar-refractivity contribution in [2.24, 2.45) is 10.7 Å². The second-order valence-corrected chi connectivity index (χ2v) is 6.91. The molecule has 1 aliphatic heterocycles. The normalized spacial score (nSPS) is 14.9. The number of rotatable bonds is 6. The first-order valence-electron chi connectivity index (χ1n) is 9.97. The Morgan fingerprint density at radius 3 is 2.84 bits per heavy atom. The van der Waals surface area contributed by atoms with Crippen LogP contribution in [0.5, 0.6) is 5.75 Å². The number of benzene rings is 1. The second-order valence-electron chi connectivity index (χ2n) is 6.91. The van der Waals surface area contributed by atoms with Crippen LogP contribution in [0.2, 0.25) is 0 Å². The van der Waals surface area contributed by atoms with E-state index in [0.717, 1.165) is 46.6 Å². The number of aliphatic imine (C=N–C) groups is 1. The molecule has 1 aliphatic rings. The Morgan fingerprint density at radius 1 is 1.26 bits per heavy atom. The molecule has 31 heavy (non-hydrogen) atoms. The minimum atomic E-state index is 0.464. The Hall–Kier alpha value is -3.72. The lowest BCUT2D eigenvalue weighted by molar-refractivity contribution is 0.122. The summed E-state index contributed by atoms with van der Waals surface area (Å²) in [5, 5.41) is 4.19. The zero-order chi connectivity index (χ0) is 21.6. The third-order valence-corrected chi connectivity index (χ3v) is 5.02. The van der Waals surface area contributed by atoms with E-state index in [1.165, 1.54) is 6.20 Å². The average Bonchev–Trinajstić information content (AvgIpc) is 2.83. The monoisotopic (exact) mass is 419 g/mol. The van der Waals surface area contributed by atoms with Crippen molar-refractivity contribution in [3.8, 4) is 5.75 Å². The molecular formula is C22H25N7O2. The van der Waals surface area contributed by atoms with Crippen molar-refractivity contribution in [3.63, 3.8) is 0 Å². The Balaban J connectivity index is 1.67. The van der Waals surface area contributed by atoms with Gasteiger partial charge in [-0.3, -0.25) is 4.99 Å². The van der Waals surface area contributed by atoms with Gasteiger partial charge in [0.25, 0.3) is 0 Å². The minimum Gasteiger partial charge on any atom is -0.495 e. The third-order valence-electron chi connectivity index (χ3n) is 5.02. The number of nitrogens with one attached hydrogen (secondary N) is 1. The van der Waals surface area contributed by atoms with Crippen LogP contribution < -0.4 is 20.7 Å². The molecule has 0 radical (unpaired) electrons. The maximum Gasteiger partial charge on any atom is 0.227 e. The van der Waals surface area contributed by atoms with E-state index < -0.39 is 0 Å². The van der Waals surface area contributed by atoms with Crippen LogP contribution in [0.15, 0.2) is 47.9 Å². The van der Waals surface area contributed by atoms with Crippen LogP contribution in [0.3, 0.4) is 0 Å². The molecular weight excluding hydrogens is 394 g/mol. The maximum absolute atomic E-state index is 5.73. The summed E-state index contributed by atoms with van der Waals surface area (Å²) in [6.45, 7) is 2.93. The van der Waals surface area contributed by atoms with E-state index in [1.54, 1.807) is 32.8 Å². The van der Waals surface area contributed by atoms with Gasteiger partial charge in [0.05, 0.1) is 26.0 Å². The summed E-state index contributed by atoms with van der Waals surface area (Å²) in [5.41, 5.74) is 8.96. The van der Waals surface area contributed by atoms with Crippen LogP contribution in [-0.2, 0) is 4.74 Å². The highest BCUT2D eigenvalue weighted by molar-refractivity contribution is 6.09. The standard InChI is InChI=1S/C22H25N7O2/c1-24-13-17(12-23)15-3-4-18(19(11-15)30-2)27-22-26-14-16-5-6-25-21(20(16)28-22)29-7-9-31-10-8-29/h3-6,11-14H,7-10,23H2,1-2H3,(H,26,27,28). The van der Waals surface area contributed by atoms with Gasteiger partial charge in [0.15, 0.2) is 5.82 Å². The van der Waals surface area contributed by atoms with E-state index in [-0.39, 0.29) is 0 Å². The van der Waals surface area contributed by atoms with Gasteiger partial charge in [-0.25, -0.2) is 15.0 Å². The molecule has 1 aromatic carbocycles. The third kappa shape index (κ3) is 4.41. The van der Waals surface area contributed by atoms with Crippen molar-refractivity contribution in [3.05, 3.63) is 48.4 Å². The number of methoxy groups -OCH3 is 1. The lowest BCUT2D eigenvalue weighted by Gasteiger charge is -2.28. The summed E-state index contributed by atoms with van der Waals surface area (Å²) in [4.78, 5) is 20.0. The molecule has 1 fully saturated rings. The van der Waals surface area contributed by atoms with Gasteiger partial charge in [0.2, 0.25) is 5.95 Å². The lowest BCUT2D eigenvalue weighted by Crippen LogP contribution is -2.37. The van der Waals surface area contributed by atoms with E-state index >= 15 is 0 Å². The van der Waals surface area contributed by atoms with E-state index in [1.807, 2.05) is 24.3 Å². The molecule has 0 unspecified atom stereocenters. The number of nitrogens with two attached hydrogens (primary N) is 1. The van der Waals surface area contributed by atoms with E-state index in [4.69, 9.17) is 20.2 Å². The number of allylic oxidation sites excluding steroid dienone is 1. The van der Waals surface area contributed by atoms with Crippen molar-refractivity contribution in [2.45, 2.75) is 0 Å². The average molecular weight is 419 g/mol. The fraction of sp³-hybridized carbons (Fsp3) is 0.273. The molecule has 3 N–H and O–H groups in total. The van der Waals surface area contributed by atoms with E-state index in [9.17, 15) is 0 Å². The van der Waals surface area contributed by atoms with Crippen molar-refractivity contribution >= 4 is 40.1 Å². The molecule has 0 amide bonds. The van der Waals surface area contributed by atoms with Crippen LogP contribution >= 0.6 is 0 Å². The summed E-state index contributed by atoms with van der Waals surface area (Å²) in [7, 11) is 3.32. The molecule has 0 aliphatic carbocycles. The first-order valence-corrected chi connectivity index (χ1v) is 9.97. The Labute approximate surface area is 180 Å². The molecule has 4 rings (SSSR count). The molecule has 0 bridgehead atoms. The topological polar surface area (TPSA) is 111 Å². The van der Waals surface area contributed by atoms with Gasteiger partial charge >= 0.3 is 0 Å². The Morgan fingerprint density at radius 2 is 2.10 bits per heavy atom. The number of nitrogens with zero attached hydrogens (tertiary/aromatic N) is 5. The van der Waals surface area contributed by atoms with Crippen LogP contribution in [-0.4, -0.2) is 61.6 Å². The molecule has 0 saturated carbocycles. The SMILES string of the molecule is CN=CC(=CN)c1ccc(Nc2ncc3ccnc(N4CCOCC4)c3n2)c(OC)c1. The molecule has 160 valence electrons. The molecule has 2 aromatic heterocycles. The van der Waals surface area contributed by atoms with Crippen LogP contribution in [0.25, 0.3) is 16.5 Å². The predicted molar refractivity (Wildman–Crippen MR) is 123 cm³/mol. The van der Waals surface area contributed by atoms with Crippen molar-refractivity contribution in [1.29, 1.82) is 0 Å². The van der Waals surface area contributed by atoms with Crippen LogP contribution in [0.4, 0.5) is 17.5 Å². The molecule has 3 aromatic rings.